The second-order valence-corrected chi connectivity index (χ2v) is 5.33. The Balaban J connectivity index is 1.90. The predicted octanol–water partition coefficient (Wildman–Crippen LogP) is 1.91. The summed E-state index contributed by atoms with van der Waals surface area (Å²) in [5.74, 6) is 0.116. The molecule has 2 rings (SSSR count). The minimum absolute atomic E-state index is 0.116. The van der Waals surface area contributed by atoms with E-state index in [1.54, 1.807) is 4.90 Å². The van der Waals surface area contributed by atoms with Gasteiger partial charge < -0.3 is 10.0 Å². The van der Waals surface area contributed by atoms with Crippen LogP contribution in [0.3, 0.4) is 0 Å². The van der Waals surface area contributed by atoms with E-state index in [1.807, 2.05) is 31.2 Å². The molecular weight excluding hydrogens is 226 g/mol. The zero-order chi connectivity index (χ0) is 13.2. The van der Waals surface area contributed by atoms with Crippen LogP contribution in [0.1, 0.15) is 30.9 Å². The number of nitrogens with zero attached hydrogens (tertiary/aromatic N) is 1. The van der Waals surface area contributed by atoms with Crippen LogP contribution in [0.5, 0.6) is 0 Å². The van der Waals surface area contributed by atoms with Gasteiger partial charge in [0.05, 0.1) is 25.1 Å². The lowest BCUT2D eigenvalue weighted by molar-refractivity contribution is -0.155. The van der Waals surface area contributed by atoms with Gasteiger partial charge in [0, 0.05) is 0 Å². The highest BCUT2D eigenvalue weighted by Crippen LogP contribution is 2.26. The van der Waals surface area contributed by atoms with Crippen molar-refractivity contribution in [2.24, 2.45) is 0 Å². The average molecular weight is 247 g/mol. The summed E-state index contributed by atoms with van der Waals surface area (Å²) >= 11 is 0. The topological polar surface area (TPSA) is 40.5 Å². The Labute approximate surface area is 108 Å². The molecule has 1 amide bonds. The molecule has 3 heteroatoms. The molecule has 1 N–H and O–H groups in total. The molecule has 0 atom stereocenters. The van der Waals surface area contributed by atoms with Gasteiger partial charge >= 0.3 is 0 Å². The van der Waals surface area contributed by atoms with E-state index in [0.717, 1.165) is 24.0 Å². The molecule has 0 spiro atoms. The second kappa shape index (κ2) is 5.11. The molecule has 3 nitrogen and oxygen atoms in total. The van der Waals surface area contributed by atoms with Crippen molar-refractivity contribution in [1.29, 1.82) is 0 Å². The normalized spacial score (nSPS) is 17.4. The van der Waals surface area contributed by atoms with Gasteiger partial charge in [-0.25, -0.2) is 0 Å². The van der Waals surface area contributed by atoms with E-state index in [4.69, 9.17) is 0 Å². The monoisotopic (exact) mass is 247 g/mol. The van der Waals surface area contributed by atoms with E-state index < -0.39 is 5.60 Å². The van der Waals surface area contributed by atoms with Gasteiger partial charge in [-0.05, 0) is 24.5 Å². The maximum atomic E-state index is 12.1. The fraction of sp³-hybridized carbons (Fsp3) is 0.533. The van der Waals surface area contributed by atoms with Crippen molar-refractivity contribution < 1.29 is 9.90 Å². The summed E-state index contributed by atoms with van der Waals surface area (Å²) in [6.45, 7) is 5.05. The van der Waals surface area contributed by atoms with Gasteiger partial charge in [-0.3, -0.25) is 4.79 Å². The Bertz CT molecular complexity index is 436. The number of hydrogen-bond acceptors (Lipinski definition) is 2. The standard InChI is InChI=1S/C15H21NO2/c1-3-8-15(18)10-16(11-15)14(17)9-13-7-5-4-6-12(13)2/h4-7,18H,3,8-11H2,1-2H3. The van der Waals surface area contributed by atoms with Crippen LogP contribution in [-0.4, -0.2) is 34.6 Å². The summed E-state index contributed by atoms with van der Waals surface area (Å²) in [6, 6.07) is 7.95. The molecule has 1 aromatic rings. The van der Waals surface area contributed by atoms with E-state index in [2.05, 4.69) is 6.92 Å². The first-order valence-corrected chi connectivity index (χ1v) is 6.59. The number of aryl methyl sites for hydroxylation is 1. The summed E-state index contributed by atoms with van der Waals surface area (Å²) in [6.07, 6.45) is 2.17. The number of rotatable bonds is 4. The molecule has 0 saturated carbocycles. The summed E-state index contributed by atoms with van der Waals surface area (Å²) in [4.78, 5) is 13.8. The van der Waals surface area contributed by atoms with Crippen LogP contribution in [-0.2, 0) is 11.2 Å². The van der Waals surface area contributed by atoms with E-state index in [-0.39, 0.29) is 5.91 Å². The van der Waals surface area contributed by atoms with Crippen molar-refractivity contribution >= 4 is 5.91 Å². The van der Waals surface area contributed by atoms with Crippen molar-refractivity contribution in [2.75, 3.05) is 13.1 Å². The lowest BCUT2D eigenvalue weighted by Crippen LogP contribution is -2.63. The van der Waals surface area contributed by atoms with Crippen LogP contribution >= 0.6 is 0 Å². The number of hydrogen-bond donors (Lipinski definition) is 1. The first-order chi connectivity index (χ1) is 8.54. The summed E-state index contributed by atoms with van der Waals surface area (Å²) < 4.78 is 0. The molecule has 0 bridgehead atoms. The van der Waals surface area contributed by atoms with Gasteiger partial charge in [0.2, 0.25) is 5.91 Å². The molecule has 0 radical (unpaired) electrons. The van der Waals surface area contributed by atoms with Crippen LogP contribution in [0.4, 0.5) is 0 Å². The number of carbonyl (C=O) groups excluding carboxylic acids is 1. The Kier molecular flexibility index (Phi) is 3.71. The molecule has 98 valence electrons. The van der Waals surface area contributed by atoms with E-state index in [0.29, 0.717) is 19.5 Å². The first-order valence-electron chi connectivity index (χ1n) is 6.59. The lowest BCUT2D eigenvalue weighted by Gasteiger charge is -2.46. The number of carbonyl (C=O) groups is 1. The third-order valence-electron chi connectivity index (χ3n) is 3.64. The molecule has 1 aromatic carbocycles. The number of likely N-dealkylation sites (tertiary alicyclic amines) is 1. The van der Waals surface area contributed by atoms with Crippen molar-refractivity contribution in [1.82, 2.24) is 4.90 Å². The van der Waals surface area contributed by atoms with Gasteiger partial charge in [-0.2, -0.15) is 0 Å². The predicted molar refractivity (Wildman–Crippen MR) is 71.3 cm³/mol. The molecule has 1 heterocycles. The van der Waals surface area contributed by atoms with E-state index in [9.17, 15) is 9.90 Å². The quantitative estimate of drug-likeness (QED) is 0.883. The zero-order valence-electron chi connectivity index (χ0n) is 11.1. The third-order valence-corrected chi connectivity index (χ3v) is 3.64. The van der Waals surface area contributed by atoms with Crippen molar-refractivity contribution in [3.8, 4) is 0 Å². The first kappa shape index (κ1) is 13.1. The van der Waals surface area contributed by atoms with Gasteiger partial charge in [0.1, 0.15) is 0 Å². The van der Waals surface area contributed by atoms with Gasteiger partial charge in [-0.15, -0.1) is 0 Å². The van der Waals surface area contributed by atoms with Crippen LogP contribution in [0.2, 0.25) is 0 Å². The van der Waals surface area contributed by atoms with Gasteiger partial charge in [0.15, 0.2) is 0 Å². The Morgan fingerprint density at radius 1 is 1.39 bits per heavy atom. The summed E-state index contributed by atoms with van der Waals surface area (Å²) in [5, 5.41) is 10.1. The molecule has 0 aliphatic carbocycles. The molecule has 0 unspecified atom stereocenters. The number of benzene rings is 1. The number of aliphatic hydroxyl groups is 1. The highest BCUT2D eigenvalue weighted by Gasteiger charge is 2.42. The fourth-order valence-corrected chi connectivity index (χ4v) is 2.55. The molecule has 0 aromatic heterocycles. The minimum atomic E-state index is -0.629. The summed E-state index contributed by atoms with van der Waals surface area (Å²) in [7, 11) is 0. The Hall–Kier alpha value is -1.35. The van der Waals surface area contributed by atoms with Crippen LogP contribution in [0, 0.1) is 6.92 Å². The van der Waals surface area contributed by atoms with E-state index in [1.165, 1.54) is 0 Å². The molecule has 18 heavy (non-hydrogen) atoms. The Morgan fingerprint density at radius 2 is 2.06 bits per heavy atom. The van der Waals surface area contributed by atoms with Crippen molar-refractivity contribution in [3.63, 3.8) is 0 Å². The number of amides is 1. The van der Waals surface area contributed by atoms with Gasteiger partial charge in [0.25, 0.3) is 0 Å². The van der Waals surface area contributed by atoms with E-state index >= 15 is 0 Å². The highest BCUT2D eigenvalue weighted by atomic mass is 16.3. The average Bonchev–Trinajstić information content (AvgIpc) is 2.29. The fourth-order valence-electron chi connectivity index (χ4n) is 2.55. The third kappa shape index (κ3) is 2.72. The lowest BCUT2D eigenvalue weighted by atomic mass is 9.88. The van der Waals surface area contributed by atoms with Crippen molar-refractivity contribution in [2.45, 2.75) is 38.7 Å². The van der Waals surface area contributed by atoms with Crippen molar-refractivity contribution in [3.05, 3.63) is 35.4 Å². The van der Waals surface area contributed by atoms with Crippen LogP contribution in [0.25, 0.3) is 0 Å². The second-order valence-electron chi connectivity index (χ2n) is 5.33. The largest absolute Gasteiger partial charge is 0.386 e. The molecule has 1 fully saturated rings. The zero-order valence-corrected chi connectivity index (χ0v) is 11.1. The van der Waals surface area contributed by atoms with Crippen LogP contribution < -0.4 is 0 Å². The summed E-state index contributed by atoms with van der Waals surface area (Å²) in [5.41, 5.74) is 1.60. The SMILES string of the molecule is CCCC1(O)CN(C(=O)Cc2ccccc2C)C1. The highest BCUT2D eigenvalue weighted by molar-refractivity contribution is 5.80. The maximum Gasteiger partial charge on any atom is 0.227 e. The molecule has 1 aliphatic rings. The van der Waals surface area contributed by atoms with Gasteiger partial charge in [-0.1, -0.05) is 37.6 Å². The minimum Gasteiger partial charge on any atom is -0.386 e. The molecule has 1 aliphatic heterocycles. The maximum absolute atomic E-state index is 12.1. The number of β-amino-alcohol motifs (C(OH)–C–C–N with tert-alkyl or cyclic N) is 1. The molecular formula is C15H21NO2. The smallest absolute Gasteiger partial charge is 0.227 e. The molecule has 1 saturated heterocycles. The van der Waals surface area contributed by atoms with Crippen LogP contribution in [0.15, 0.2) is 24.3 Å². The Morgan fingerprint density at radius 3 is 2.67 bits per heavy atom.